The van der Waals surface area contributed by atoms with Crippen LogP contribution in [0.25, 0.3) is 0 Å². The molecule has 1 heteroatoms. The van der Waals surface area contributed by atoms with Gasteiger partial charge in [-0.2, -0.15) is 0 Å². The smallest absolute Gasteiger partial charge is 0.0371 e. The maximum atomic E-state index is 3.69. The molecule has 0 aromatic heterocycles. The Morgan fingerprint density at radius 3 is 2.53 bits per heavy atom. The first-order chi connectivity index (χ1) is 9.08. The lowest BCUT2D eigenvalue weighted by Gasteiger charge is -2.35. The molecule has 1 fully saturated rings. The van der Waals surface area contributed by atoms with E-state index in [0.29, 0.717) is 11.5 Å². The predicted octanol–water partition coefficient (Wildman–Crippen LogP) is 5.04. The summed E-state index contributed by atoms with van der Waals surface area (Å²) in [5.74, 6) is 0.826. The van der Waals surface area contributed by atoms with Crippen molar-refractivity contribution in [3.8, 4) is 0 Å². The van der Waals surface area contributed by atoms with Crippen molar-refractivity contribution in [2.75, 3.05) is 6.54 Å². The van der Waals surface area contributed by atoms with Crippen LogP contribution in [0.2, 0.25) is 0 Å². The Hall–Kier alpha value is -0.820. The van der Waals surface area contributed by atoms with Crippen LogP contribution in [-0.2, 0) is 0 Å². The average molecular weight is 259 g/mol. The third-order valence-corrected chi connectivity index (χ3v) is 4.92. The van der Waals surface area contributed by atoms with Crippen molar-refractivity contribution in [2.24, 2.45) is 5.41 Å². The van der Waals surface area contributed by atoms with Gasteiger partial charge in [0.1, 0.15) is 0 Å². The molecule has 1 atom stereocenters. The SMILES string of the molecule is CCNC(c1cccc(C2CCC2)c1)C(C)(C)CC. The molecule has 0 spiro atoms. The number of rotatable bonds is 6. The lowest BCUT2D eigenvalue weighted by Crippen LogP contribution is -2.34. The second kappa shape index (κ2) is 6.09. The maximum absolute atomic E-state index is 3.69. The zero-order chi connectivity index (χ0) is 13.9. The number of benzene rings is 1. The largest absolute Gasteiger partial charge is 0.310 e. The number of hydrogen-bond donors (Lipinski definition) is 1. The first-order valence-corrected chi connectivity index (χ1v) is 7.91. The molecule has 1 aliphatic rings. The molecule has 0 bridgehead atoms. The molecule has 106 valence electrons. The van der Waals surface area contributed by atoms with Gasteiger partial charge in [-0.3, -0.25) is 0 Å². The van der Waals surface area contributed by atoms with Crippen LogP contribution < -0.4 is 5.32 Å². The minimum absolute atomic E-state index is 0.300. The maximum Gasteiger partial charge on any atom is 0.0371 e. The van der Waals surface area contributed by atoms with Crippen LogP contribution in [0, 0.1) is 5.41 Å². The first kappa shape index (κ1) is 14.6. The molecule has 19 heavy (non-hydrogen) atoms. The number of nitrogens with one attached hydrogen (secondary N) is 1. The highest BCUT2D eigenvalue weighted by atomic mass is 14.9. The Labute approximate surface area is 118 Å². The van der Waals surface area contributed by atoms with Crippen molar-refractivity contribution in [3.63, 3.8) is 0 Å². The monoisotopic (exact) mass is 259 g/mol. The molecule has 1 N–H and O–H groups in total. The summed E-state index contributed by atoms with van der Waals surface area (Å²) in [5.41, 5.74) is 3.32. The van der Waals surface area contributed by atoms with Gasteiger partial charge in [0.05, 0.1) is 0 Å². The lowest BCUT2D eigenvalue weighted by molar-refractivity contribution is 0.237. The van der Waals surface area contributed by atoms with Crippen molar-refractivity contribution >= 4 is 0 Å². The Bertz CT molecular complexity index is 404. The predicted molar refractivity (Wildman–Crippen MR) is 83.5 cm³/mol. The molecule has 0 radical (unpaired) electrons. The Kier molecular flexibility index (Phi) is 4.67. The zero-order valence-electron chi connectivity index (χ0n) is 13.0. The summed E-state index contributed by atoms with van der Waals surface area (Å²) >= 11 is 0. The van der Waals surface area contributed by atoms with Crippen molar-refractivity contribution < 1.29 is 0 Å². The quantitative estimate of drug-likeness (QED) is 0.754. The fourth-order valence-electron chi connectivity index (χ4n) is 2.99. The third-order valence-electron chi connectivity index (χ3n) is 4.92. The van der Waals surface area contributed by atoms with Gasteiger partial charge in [-0.25, -0.2) is 0 Å². The van der Waals surface area contributed by atoms with Gasteiger partial charge in [0, 0.05) is 6.04 Å². The van der Waals surface area contributed by atoms with Crippen molar-refractivity contribution in [2.45, 2.75) is 65.3 Å². The molecule has 2 rings (SSSR count). The van der Waals surface area contributed by atoms with Gasteiger partial charge in [-0.15, -0.1) is 0 Å². The van der Waals surface area contributed by atoms with Crippen LogP contribution in [0.1, 0.15) is 76.5 Å². The van der Waals surface area contributed by atoms with Crippen LogP contribution in [0.3, 0.4) is 0 Å². The Morgan fingerprint density at radius 1 is 1.26 bits per heavy atom. The van der Waals surface area contributed by atoms with Crippen LogP contribution >= 0.6 is 0 Å². The second-order valence-electron chi connectivity index (χ2n) is 6.63. The van der Waals surface area contributed by atoms with E-state index in [1.807, 2.05) is 0 Å². The van der Waals surface area contributed by atoms with Gasteiger partial charge < -0.3 is 5.32 Å². The molecule has 0 amide bonds. The van der Waals surface area contributed by atoms with E-state index in [4.69, 9.17) is 0 Å². The highest BCUT2D eigenvalue weighted by Gasteiger charge is 2.29. The highest BCUT2D eigenvalue weighted by Crippen LogP contribution is 2.40. The minimum Gasteiger partial charge on any atom is -0.310 e. The summed E-state index contributed by atoms with van der Waals surface area (Å²) in [4.78, 5) is 0. The molecule has 1 saturated carbocycles. The van der Waals surface area contributed by atoms with E-state index in [0.717, 1.165) is 12.5 Å². The summed E-state index contributed by atoms with van der Waals surface area (Å²) < 4.78 is 0. The molecule has 1 aromatic rings. The fraction of sp³-hybridized carbons (Fsp3) is 0.667. The van der Waals surface area contributed by atoms with E-state index in [-0.39, 0.29) is 0 Å². The minimum atomic E-state index is 0.300. The Morgan fingerprint density at radius 2 is 2.00 bits per heavy atom. The molecule has 1 nitrogen and oxygen atoms in total. The molecule has 1 aromatic carbocycles. The zero-order valence-corrected chi connectivity index (χ0v) is 13.0. The van der Waals surface area contributed by atoms with Crippen molar-refractivity contribution in [1.82, 2.24) is 5.32 Å². The first-order valence-electron chi connectivity index (χ1n) is 7.91. The molecule has 0 saturated heterocycles. The van der Waals surface area contributed by atoms with E-state index in [1.165, 1.54) is 31.2 Å². The molecule has 0 aliphatic heterocycles. The van der Waals surface area contributed by atoms with Gasteiger partial charge in [0.15, 0.2) is 0 Å². The molecular weight excluding hydrogens is 230 g/mol. The molecule has 1 aliphatic carbocycles. The van der Waals surface area contributed by atoms with E-state index >= 15 is 0 Å². The van der Waals surface area contributed by atoms with Crippen LogP contribution in [-0.4, -0.2) is 6.54 Å². The lowest BCUT2D eigenvalue weighted by atomic mass is 9.75. The average Bonchev–Trinajstić information content (AvgIpc) is 2.34. The summed E-state index contributed by atoms with van der Waals surface area (Å²) in [6.45, 7) is 10.3. The topological polar surface area (TPSA) is 12.0 Å². The molecular formula is C18H29N. The van der Waals surface area contributed by atoms with E-state index in [2.05, 4.69) is 57.3 Å². The molecule has 0 heterocycles. The van der Waals surface area contributed by atoms with E-state index in [1.54, 1.807) is 5.56 Å². The van der Waals surface area contributed by atoms with Gasteiger partial charge >= 0.3 is 0 Å². The summed E-state index contributed by atoms with van der Waals surface area (Å²) in [7, 11) is 0. The van der Waals surface area contributed by atoms with Gasteiger partial charge in [0.2, 0.25) is 0 Å². The number of hydrogen-bond acceptors (Lipinski definition) is 1. The third kappa shape index (κ3) is 3.20. The van der Waals surface area contributed by atoms with E-state index < -0.39 is 0 Å². The standard InChI is InChI=1S/C18H29N/c1-5-18(3,4)17(19-6-2)16-12-8-11-15(13-16)14-9-7-10-14/h8,11-14,17,19H,5-7,9-10H2,1-4H3. The highest BCUT2D eigenvalue weighted by molar-refractivity contribution is 5.30. The van der Waals surface area contributed by atoms with Gasteiger partial charge in [0.25, 0.3) is 0 Å². The van der Waals surface area contributed by atoms with E-state index in [9.17, 15) is 0 Å². The van der Waals surface area contributed by atoms with Crippen LogP contribution in [0.15, 0.2) is 24.3 Å². The van der Waals surface area contributed by atoms with Gasteiger partial charge in [-0.05, 0) is 48.3 Å². The normalized spacial score (nSPS) is 18.1. The summed E-state index contributed by atoms with van der Waals surface area (Å²) in [5, 5.41) is 3.69. The Balaban J connectivity index is 2.25. The molecule has 1 unspecified atom stereocenters. The van der Waals surface area contributed by atoms with Crippen LogP contribution in [0.5, 0.6) is 0 Å². The van der Waals surface area contributed by atoms with Crippen LogP contribution in [0.4, 0.5) is 0 Å². The summed E-state index contributed by atoms with van der Waals surface area (Å²) in [6.07, 6.45) is 5.36. The van der Waals surface area contributed by atoms with Gasteiger partial charge in [-0.1, -0.05) is 58.4 Å². The second-order valence-corrected chi connectivity index (χ2v) is 6.63. The summed E-state index contributed by atoms with van der Waals surface area (Å²) in [6, 6.07) is 9.78. The van der Waals surface area contributed by atoms with Crippen molar-refractivity contribution in [1.29, 1.82) is 0 Å². The fourth-order valence-corrected chi connectivity index (χ4v) is 2.99. The van der Waals surface area contributed by atoms with Crippen molar-refractivity contribution in [3.05, 3.63) is 35.4 Å².